The maximum Gasteiger partial charge on any atom is 0.407 e. The number of fused-ring (bicyclic) bond motifs is 6. The van der Waals surface area contributed by atoms with Gasteiger partial charge in [-0.1, -0.05) is 252 Å². The van der Waals surface area contributed by atoms with Gasteiger partial charge in [0, 0.05) is 31.5 Å². The number of hydrogen-bond donors (Lipinski definition) is 2. The van der Waals surface area contributed by atoms with Crippen molar-refractivity contribution in [2.24, 2.45) is 0 Å². The summed E-state index contributed by atoms with van der Waals surface area (Å²) in [4.78, 5) is 55.7. The summed E-state index contributed by atoms with van der Waals surface area (Å²) in [6.07, 6.45) is 30.6. The van der Waals surface area contributed by atoms with Gasteiger partial charge in [0.05, 0.1) is 6.61 Å². The number of alkyl carbamates (subject to hydrolysis) is 2. The van der Waals surface area contributed by atoms with Gasteiger partial charge in [0.25, 0.3) is 0 Å². The molecule has 0 aliphatic heterocycles. The maximum atomic E-state index is 13.7. The molecule has 11 nitrogen and oxygen atoms in total. The molecular formula is C68H97N3O8. The molecule has 0 radical (unpaired) electrons. The first-order valence-corrected chi connectivity index (χ1v) is 31.1. The van der Waals surface area contributed by atoms with Crippen LogP contribution in [0.3, 0.4) is 0 Å². The fraction of sp³-hybridized carbons (Fsp3) is 0.588. The number of esters is 1. The van der Waals surface area contributed by atoms with Crippen LogP contribution in [0, 0.1) is 0 Å². The predicted molar refractivity (Wildman–Crippen MR) is 319 cm³/mol. The number of ether oxygens (including phenoxy) is 4. The fourth-order valence-corrected chi connectivity index (χ4v) is 11.5. The molecule has 0 saturated carbocycles. The summed E-state index contributed by atoms with van der Waals surface area (Å²) in [5.74, 6) is -0.831. The van der Waals surface area contributed by atoms with Crippen LogP contribution in [0.15, 0.2) is 97.1 Å². The monoisotopic (exact) mass is 1080 g/mol. The first kappa shape index (κ1) is 62.5. The molecule has 2 aliphatic rings. The second-order valence-electron chi connectivity index (χ2n) is 22.1. The van der Waals surface area contributed by atoms with Crippen LogP contribution >= 0.6 is 0 Å². The molecule has 1 unspecified atom stereocenters. The Labute approximate surface area is 475 Å². The standard InChI is InChI=1S/C68H97N3O8/c1-3-5-7-9-11-13-15-17-19-21-23-35-47-71(48-36-24-22-20-18-16-14-12-10-8-6-4-2)65(72)53-76-49-50-77-66(73)64(70-68(75)79-52-63-60-43-31-27-39-56(60)57-40-28-32-44-61(57)63)45-33-34-46-69-67(74)78-51-62-58-41-29-25-37-54(58)55-38-26-30-42-59(55)62/h25-32,37-44,62-64H,3-24,33-36,45-53H2,1-2H3,(H,69,74)(H,70,75). The second-order valence-corrected chi connectivity index (χ2v) is 22.1. The second kappa shape index (κ2) is 37.3. The van der Waals surface area contributed by atoms with Crippen molar-refractivity contribution < 1.29 is 38.1 Å². The van der Waals surface area contributed by atoms with Crippen LogP contribution in [-0.2, 0) is 28.5 Å². The average Bonchev–Trinajstić information content (AvgIpc) is 4.23. The Kier molecular flexibility index (Phi) is 29.5. The van der Waals surface area contributed by atoms with Gasteiger partial charge in [-0.25, -0.2) is 14.4 Å². The van der Waals surface area contributed by atoms with Crippen LogP contribution in [0.4, 0.5) is 9.59 Å². The molecule has 0 bridgehead atoms. The molecule has 2 N–H and O–H groups in total. The normalized spacial score (nSPS) is 12.8. The lowest BCUT2D eigenvalue weighted by Gasteiger charge is -2.23. The van der Waals surface area contributed by atoms with E-state index in [-0.39, 0.29) is 57.2 Å². The van der Waals surface area contributed by atoms with E-state index in [1.54, 1.807) is 0 Å². The van der Waals surface area contributed by atoms with Crippen molar-refractivity contribution in [3.05, 3.63) is 119 Å². The van der Waals surface area contributed by atoms with E-state index in [0.717, 1.165) is 83.3 Å². The lowest BCUT2D eigenvalue weighted by Crippen LogP contribution is -2.43. The Morgan fingerprint density at radius 2 is 0.823 bits per heavy atom. The highest BCUT2D eigenvalue weighted by Gasteiger charge is 2.31. The lowest BCUT2D eigenvalue weighted by molar-refractivity contribution is -0.148. The van der Waals surface area contributed by atoms with Crippen molar-refractivity contribution in [1.29, 1.82) is 0 Å². The van der Waals surface area contributed by atoms with Crippen LogP contribution in [0.1, 0.15) is 221 Å². The van der Waals surface area contributed by atoms with E-state index in [4.69, 9.17) is 18.9 Å². The third kappa shape index (κ3) is 21.7. The largest absolute Gasteiger partial charge is 0.462 e. The molecule has 0 spiro atoms. The van der Waals surface area contributed by atoms with Gasteiger partial charge in [-0.15, -0.1) is 0 Å². The summed E-state index contributed by atoms with van der Waals surface area (Å²) < 4.78 is 23.1. The van der Waals surface area contributed by atoms with Gasteiger partial charge in [-0.2, -0.15) is 0 Å². The average molecular weight is 1080 g/mol. The van der Waals surface area contributed by atoms with Gasteiger partial charge < -0.3 is 34.5 Å². The Hall–Kier alpha value is -5.68. The van der Waals surface area contributed by atoms with Crippen LogP contribution in [0.2, 0.25) is 0 Å². The van der Waals surface area contributed by atoms with E-state index in [1.807, 2.05) is 53.4 Å². The van der Waals surface area contributed by atoms with Gasteiger partial charge in [0.15, 0.2) is 0 Å². The van der Waals surface area contributed by atoms with E-state index in [0.29, 0.717) is 19.4 Å². The number of carbonyl (C=O) groups is 4. The molecule has 1 atom stereocenters. The molecule has 0 heterocycles. The van der Waals surface area contributed by atoms with E-state index in [2.05, 4.69) is 73.0 Å². The third-order valence-electron chi connectivity index (χ3n) is 16.1. The number of nitrogens with zero attached hydrogens (tertiary/aromatic N) is 1. The zero-order chi connectivity index (χ0) is 55.5. The molecule has 0 fully saturated rings. The third-order valence-corrected chi connectivity index (χ3v) is 16.1. The maximum absolute atomic E-state index is 13.7. The summed E-state index contributed by atoms with van der Waals surface area (Å²) >= 11 is 0. The Balaban J connectivity index is 0.936. The van der Waals surface area contributed by atoms with E-state index in [1.165, 1.54) is 128 Å². The molecule has 6 rings (SSSR count). The van der Waals surface area contributed by atoms with E-state index in [9.17, 15) is 19.2 Å². The van der Waals surface area contributed by atoms with Gasteiger partial charge in [-0.05, 0) is 76.6 Å². The summed E-state index contributed by atoms with van der Waals surface area (Å²) in [7, 11) is 0. The summed E-state index contributed by atoms with van der Waals surface area (Å²) in [6.45, 7) is 6.53. The Morgan fingerprint density at radius 1 is 0.443 bits per heavy atom. The van der Waals surface area contributed by atoms with Crippen LogP contribution in [0.25, 0.3) is 22.3 Å². The zero-order valence-electron chi connectivity index (χ0n) is 48.4. The van der Waals surface area contributed by atoms with Crippen molar-refractivity contribution in [2.45, 2.75) is 205 Å². The molecule has 3 amide bonds. The van der Waals surface area contributed by atoms with Crippen molar-refractivity contribution in [2.75, 3.05) is 52.7 Å². The van der Waals surface area contributed by atoms with Crippen molar-refractivity contribution >= 4 is 24.1 Å². The Morgan fingerprint density at radius 3 is 1.24 bits per heavy atom. The van der Waals surface area contributed by atoms with Crippen LogP contribution < -0.4 is 10.6 Å². The molecule has 0 aromatic heterocycles. The first-order chi connectivity index (χ1) is 38.9. The molecule has 2 aliphatic carbocycles. The van der Waals surface area contributed by atoms with Crippen LogP contribution in [0.5, 0.6) is 0 Å². The van der Waals surface area contributed by atoms with Gasteiger partial charge in [-0.3, -0.25) is 4.79 Å². The number of hydrogen-bond acceptors (Lipinski definition) is 8. The minimum atomic E-state index is -1.01. The van der Waals surface area contributed by atoms with Gasteiger partial charge in [0.1, 0.15) is 32.5 Å². The fourth-order valence-electron chi connectivity index (χ4n) is 11.5. The predicted octanol–water partition coefficient (Wildman–Crippen LogP) is 16.4. The SMILES string of the molecule is CCCCCCCCCCCCCCN(CCCCCCCCCCCCCC)C(=O)COCCOC(=O)C(CCCCNC(=O)OCC1c2ccccc2-c2ccccc21)NC(=O)OCC1c2ccccc2-c2ccccc21. The number of nitrogens with one attached hydrogen (secondary N) is 2. The van der Waals surface area contributed by atoms with Gasteiger partial charge in [0.2, 0.25) is 5.91 Å². The Bertz CT molecular complexity index is 2270. The zero-order valence-corrected chi connectivity index (χ0v) is 48.4. The summed E-state index contributed by atoms with van der Waals surface area (Å²) in [5, 5.41) is 5.64. The van der Waals surface area contributed by atoms with Crippen molar-refractivity contribution in [3.63, 3.8) is 0 Å². The van der Waals surface area contributed by atoms with E-state index < -0.39 is 24.2 Å². The number of unbranched alkanes of at least 4 members (excludes halogenated alkanes) is 23. The number of rotatable bonds is 42. The van der Waals surface area contributed by atoms with Crippen molar-refractivity contribution in [3.8, 4) is 22.3 Å². The highest BCUT2D eigenvalue weighted by molar-refractivity contribution is 5.82. The highest BCUT2D eigenvalue weighted by atomic mass is 16.6. The summed E-state index contributed by atoms with van der Waals surface area (Å²) in [5.41, 5.74) is 9.04. The molecule has 432 valence electrons. The topological polar surface area (TPSA) is 132 Å². The van der Waals surface area contributed by atoms with Gasteiger partial charge >= 0.3 is 18.2 Å². The van der Waals surface area contributed by atoms with Crippen molar-refractivity contribution in [1.82, 2.24) is 15.5 Å². The van der Waals surface area contributed by atoms with Crippen LogP contribution in [-0.4, -0.2) is 87.7 Å². The minimum absolute atomic E-state index is 0.0287. The minimum Gasteiger partial charge on any atom is -0.462 e. The molecular weight excluding hydrogens is 987 g/mol. The summed E-state index contributed by atoms with van der Waals surface area (Å²) in [6, 6.07) is 31.7. The lowest BCUT2D eigenvalue weighted by atomic mass is 9.98. The molecule has 4 aromatic rings. The first-order valence-electron chi connectivity index (χ1n) is 31.1. The number of benzene rings is 4. The molecule has 0 saturated heterocycles. The number of amides is 3. The molecule has 79 heavy (non-hydrogen) atoms. The highest BCUT2D eigenvalue weighted by Crippen LogP contribution is 2.45. The quantitative estimate of drug-likeness (QED) is 0.0255. The van der Waals surface area contributed by atoms with E-state index >= 15 is 0 Å². The molecule has 11 heteroatoms. The smallest absolute Gasteiger partial charge is 0.407 e. The number of carbonyl (C=O) groups excluding carboxylic acids is 4. The molecule has 4 aromatic carbocycles.